The molecule has 0 aromatic carbocycles. The molecule has 0 amide bonds. The molecule has 1 saturated heterocycles. The van der Waals surface area contributed by atoms with Crippen molar-refractivity contribution in [3.05, 3.63) is 12.2 Å². The Bertz CT molecular complexity index is 1900. The van der Waals surface area contributed by atoms with E-state index >= 15 is 0 Å². The largest absolute Gasteiger partial charge is 0.462 e. The Labute approximate surface area is 357 Å². The fraction of sp³-hybridized carbons (Fsp3) is 0.880. The maximum Gasteiger partial charge on any atom is 0.311 e. The molecule has 0 bridgehead atoms. The van der Waals surface area contributed by atoms with Crippen LogP contribution in [0.4, 0.5) is 0 Å². The van der Waals surface area contributed by atoms with Gasteiger partial charge >= 0.3 is 11.9 Å². The molecule has 10 aliphatic carbocycles. The van der Waals surface area contributed by atoms with Gasteiger partial charge in [0, 0.05) is 46.3 Å². The molecule has 11 aliphatic rings. The van der Waals surface area contributed by atoms with Crippen LogP contribution in [-0.4, -0.2) is 63.5 Å². The number of halogens is 1. The highest BCUT2D eigenvalue weighted by Crippen LogP contribution is 2.78. The minimum atomic E-state index is -0.936. The van der Waals surface area contributed by atoms with Crippen LogP contribution >= 0.6 is 11.6 Å². The second-order valence-corrected chi connectivity index (χ2v) is 25.6. The number of ether oxygens (including phenoxy) is 3. The molecule has 9 saturated carbocycles. The summed E-state index contributed by atoms with van der Waals surface area (Å²) in [6.07, 6.45) is 15.1. The lowest BCUT2D eigenvalue weighted by atomic mass is 9.44. The molecular formula is C50H71ClO8. The van der Waals surface area contributed by atoms with Crippen LogP contribution < -0.4 is 0 Å². The zero-order chi connectivity index (χ0) is 42.4. The van der Waals surface area contributed by atoms with Gasteiger partial charge in [-0.1, -0.05) is 39.8 Å². The predicted octanol–water partition coefficient (Wildman–Crippen LogP) is 9.06. The van der Waals surface area contributed by atoms with Gasteiger partial charge in [0.05, 0.1) is 21.8 Å². The van der Waals surface area contributed by atoms with Gasteiger partial charge in [-0.05, 0) is 153 Å². The molecule has 10 fully saturated rings. The summed E-state index contributed by atoms with van der Waals surface area (Å²) in [5, 5.41) is 11.7. The number of hydrogen-bond acceptors (Lipinski definition) is 8. The minimum Gasteiger partial charge on any atom is -0.462 e. The van der Waals surface area contributed by atoms with Crippen molar-refractivity contribution in [2.24, 2.45) is 91.7 Å². The Morgan fingerprint density at radius 3 is 1.81 bits per heavy atom. The fourth-order valence-corrected chi connectivity index (χ4v) is 16.9. The van der Waals surface area contributed by atoms with E-state index in [0.717, 1.165) is 70.6 Å². The van der Waals surface area contributed by atoms with Gasteiger partial charge in [0.2, 0.25) is 0 Å². The lowest BCUT2D eigenvalue weighted by Crippen LogP contribution is -2.62. The summed E-state index contributed by atoms with van der Waals surface area (Å²) in [6, 6.07) is 0. The van der Waals surface area contributed by atoms with Crippen molar-refractivity contribution >= 4 is 35.1 Å². The second kappa shape index (κ2) is 12.5. The third kappa shape index (κ3) is 5.51. The van der Waals surface area contributed by atoms with Crippen LogP contribution in [-0.2, 0) is 33.4 Å². The molecule has 11 rings (SSSR count). The van der Waals surface area contributed by atoms with Crippen molar-refractivity contribution < 1.29 is 38.5 Å². The van der Waals surface area contributed by atoms with Crippen LogP contribution in [0, 0.1) is 91.7 Å². The number of epoxide rings is 1. The third-order valence-corrected chi connectivity index (χ3v) is 20.5. The van der Waals surface area contributed by atoms with Gasteiger partial charge in [0.1, 0.15) is 35.5 Å². The highest BCUT2D eigenvalue weighted by atomic mass is 35.5. The quantitative estimate of drug-likeness (QED) is 0.127. The summed E-state index contributed by atoms with van der Waals surface area (Å²) in [7, 11) is 0. The molecule has 9 heteroatoms. The van der Waals surface area contributed by atoms with Crippen molar-refractivity contribution in [1.29, 1.82) is 0 Å². The van der Waals surface area contributed by atoms with E-state index in [2.05, 4.69) is 33.8 Å². The lowest BCUT2D eigenvalue weighted by Gasteiger charge is -2.61. The summed E-state index contributed by atoms with van der Waals surface area (Å²) in [5.41, 5.74) is -2.66. The molecule has 6 unspecified atom stereocenters. The highest BCUT2D eigenvalue weighted by molar-refractivity contribution is 6.21. The van der Waals surface area contributed by atoms with Gasteiger partial charge in [-0.25, -0.2) is 0 Å². The Kier molecular flexibility index (Phi) is 8.73. The van der Waals surface area contributed by atoms with E-state index in [9.17, 15) is 24.3 Å². The first-order valence-corrected chi connectivity index (χ1v) is 24.0. The smallest absolute Gasteiger partial charge is 0.311 e. The van der Waals surface area contributed by atoms with E-state index in [0.29, 0.717) is 77.2 Å². The van der Waals surface area contributed by atoms with E-state index in [4.69, 9.17) is 25.8 Å². The Balaban J connectivity index is 0.000000143. The zero-order valence-electron chi connectivity index (χ0n) is 37.4. The van der Waals surface area contributed by atoms with Crippen LogP contribution in [0.15, 0.2) is 12.2 Å². The van der Waals surface area contributed by atoms with E-state index in [1.54, 1.807) is 0 Å². The van der Waals surface area contributed by atoms with Crippen LogP contribution in [0.1, 0.15) is 146 Å². The number of ketones is 2. The highest BCUT2D eigenvalue weighted by Gasteiger charge is 2.81. The molecular weight excluding hydrogens is 764 g/mol. The fourth-order valence-electron chi connectivity index (χ4n) is 16.3. The van der Waals surface area contributed by atoms with Crippen molar-refractivity contribution in [3.63, 3.8) is 0 Å². The first-order chi connectivity index (χ1) is 27.3. The Morgan fingerprint density at radius 1 is 0.729 bits per heavy atom. The number of aliphatic hydroxyl groups is 1. The lowest BCUT2D eigenvalue weighted by molar-refractivity contribution is -0.187. The number of hydrogen-bond donors (Lipinski definition) is 1. The molecule has 8 nitrogen and oxygen atoms in total. The number of rotatable bonds is 2. The summed E-state index contributed by atoms with van der Waals surface area (Å²) in [4.78, 5) is 50.8. The predicted molar refractivity (Wildman–Crippen MR) is 223 cm³/mol. The first kappa shape index (κ1) is 41.3. The molecule has 0 radical (unpaired) electrons. The number of carbonyl (C=O) groups excluding carboxylic acids is 4. The number of esters is 2. The molecule has 59 heavy (non-hydrogen) atoms. The molecule has 326 valence electrons. The van der Waals surface area contributed by atoms with E-state index in [-0.39, 0.29) is 62.9 Å². The number of Topliss-reactive ketones (excluding diaryl/α,β-unsaturated/α-hetero) is 2. The number of allylic oxidation sites excluding steroid dienone is 1. The van der Waals surface area contributed by atoms with Crippen LogP contribution in [0.3, 0.4) is 0 Å². The van der Waals surface area contributed by atoms with E-state index in [1.807, 2.05) is 47.6 Å². The minimum absolute atomic E-state index is 0.0306. The maximum absolute atomic E-state index is 13.0. The number of fused-ring (bicyclic) bond motifs is 13. The van der Waals surface area contributed by atoms with Gasteiger partial charge in [0.25, 0.3) is 0 Å². The molecule has 1 N–H and O–H groups in total. The van der Waals surface area contributed by atoms with E-state index < -0.39 is 16.4 Å². The van der Waals surface area contributed by atoms with Gasteiger partial charge in [-0.15, -0.1) is 11.6 Å². The summed E-state index contributed by atoms with van der Waals surface area (Å²) >= 11 is 7.20. The SMILES string of the molecule is CC(C)(C)C(=O)O[C@H]1CC[C@]2(C)C3CC[C@]4(C)C(=O)[C@H]5C[C@H]5C4C3C=C[C@]2(O)C1.CC(C)(C)C(=O)O[C@H]1CC[C@]2(C)C3CC[C@]4(C)C(=O)[C@H]5C[C@H]5C4C3[C@H](Cl)[C@H]3O[C@]32C1. The maximum atomic E-state index is 13.0. The molecule has 1 spiro atoms. The van der Waals surface area contributed by atoms with Gasteiger partial charge in [0.15, 0.2) is 0 Å². The van der Waals surface area contributed by atoms with Gasteiger partial charge in [-0.2, -0.15) is 0 Å². The second-order valence-electron chi connectivity index (χ2n) is 25.1. The monoisotopic (exact) mass is 834 g/mol. The normalized spacial score (nSPS) is 55.5. The van der Waals surface area contributed by atoms with Crippen LogP contribution in [0.2, 0.25) is 0 Å². The third-order valence-electron chi connectivity index (χ3n) is 20.0. The van der Waals surface area contributed by atoms with Crippen molar-refractivity contribution in [1.82, 2.24) is 0 Å². The first-order valence-electron chi connectivity index (χ1n) is 23.6. The van der Waals surface area contributed by atoms with Crippen molar-refractivity contribution in [2.75, 3.05) is 0 Å². The van der Waals surface area contributed by atoms with Gasteiger partial charge < -0.3 is 19.3 Å². The van der Waals surface area contributed by atoms with Crippen molar-refractivity contribution in [3.8, 4) is 0 Å². The van der Waals surface area contributed by atoms with Gasteiger partial charge in [-0.3, -0.25) is 19.2 Å². The Hall–Kier alpha value is -1.77. The molecule has 0 aromatic heterocycles. The average molecular weight is 836 g/mol. The summed E-state index contributed by atoms with van der Waals surface area (Å²) in [5.74, 6) is 5.07. The van der Waals surface area contributed by atoms with E-state index in [1.165, 1.54) is 0 Å². The zero-order valence-corrected chi connectivity index (χ0v) is 38.2. The molecule has 20 atom stereocenters. The van der Waals surface area contributed by atoms with Crippen LogP contribution in [0.25, 0.3) is 0 Å². The van der Waals surface area contributed by atoms with Crippen molar-refractivity contribution in [2.45, 2.75) is 181 Å². The molecule has 1 heterocycles. The Morgan fingerprint density at radius 2 is 1.24 bits per heavy atom. The summed E-state index contributed by atoms with van der Waals surface area (Å²) < 4.78 is 18.2. The van der Waals surface area contributed by atoms with Crippen LogP contribution in [0.5, 0.6) is 0 Å². The molecule has 0 aromatic rings. The number of carbonyl (C=O) groups is 4. The molecule has 1 aliphatic heterocycles. The average Bonchev–Trinajstić information content (AvgIpc) is 4.08. The topological polar surface area (TPSA) is 120 Å². The number of alkyl halides is 1. The summed E-state index contributed by atoms with van der Waals surface area (Å²) in [6.45, 7) is 20.4. The standard InChI is InChI=1S/C25H35ClO4.C25H36O4/c1-22(2,3)21(28)29-12-6-9-24(5)15-7-8-23(4)17(13-10-14(13)19(23)27)16(15)18(26)20-25(24,11-12)30-20;1-22(2,3)21(27)29-14-6-10-24(5)18-8-9-23(4)19(16-12-17(16)20(23)26)15(18)7-11-25(24,28)13-14/h12-18,20H,6-11H2,1-5H3;7,11,14-19,28H,6,8-10,12-13H2,1-5H3/t12-,13+,14-,15?,16?,17?,18-,20+,23-,24+,25+;14-,15?,16+,17-,18?,19?,23-,24+,25-/m00/s1.